The van der Waals surface area contributed by atoms with Crippen molar-refractivity contribution in [3.8, 4) is 0 Å². The molecular formula is C16H17FN2. The second-order valence-electron chi connectivity index (χ2n) is 5.07. The molecule has 0 fully saturated rings. The summed E-state index contributed by atoms with van der Waals surface area (Å²) in [5.74, 6) is -0.216. The molecule has 0 aromatic heterocycles. The Morgan fingerprint density at radius 2 is 1.58 bits per heavy atom. The van der Waals surface area contributed by atoms with Gasteiger partial charge in [0.05, 0.1) is 0 Å². The quantitative estimate of drug-likeness (QED) is 0.915. The van der Waals surface area contributed by atoms with Crippen molar-refractivity contribution >= 4 is 0 Å². The van der Waals surface area contributed by atoms with Crippen LogP contribution in [0.4, 0.5) is 4.39 Å². The molecule has 2 aromatic rings. The molecule has 0 bridgehead atoms. The van der Waals surface area contributed by atoms with Crippen LogP contribution in [0.25, 0.3) is 0 Å². The van der Waals surface area contributed by atoms with E-state index in [4.69, 9.17) is 5.73 Å². The third-order valence-corrected chi connectivity index (χ3v) is 3.67. The molecule has 0 spiro atoms. The van der Waals surface area contributed by atoms with Crippen LogP contribution in [-0.4, -0.2) is 11.4 Å². The van der Waals surface area contributed by atoms with Gasteiger partial charge in [-0.1, -0.05) is 42.5 Å². The maximum Gasteiger partial charge on any atom is 0.128 e. The van der Waals surface area contributed by atoms with Crippen LogP contribution in [0.2, 0.25) is 0 Å². The molecule has 0 saturated carbocycles. The number of benzene rings is 2. The number of nitrogens with two attached hydrogens (primary N) is 1. The first-order chi connectivity index (χ1) is 9.24. The first-order valence-electron chi connectivity index (χ1n) is 6.53. The largest absolute Gasteiger partial charge is 0.323 e. The highest BCUT2D eigenvalue weighted by atomic mass is 19.1. The van der Waals surface area contributed by atoms with Crippen LogP contribution < -0.4 is 5.73 Å². The molecule has 1 aliphatic rings. The lowest BCUT2D eigenvalue weighted by Crippen LogP contribution is -2.28. The Hall–Kier alpha value is -1.71. The average molecular weight is 256 g/mol. The number of hydrogen-bond donors (Lipinski definition) is 1. The highest BCUT2D eigenvalue weighted by molar-refractivity contribution is 5.30. The normalized spacial score (nSPS) is 16.3. The number of rotatable bonds is 3. The third kappa shape index (κ3) is 2.53. The number of halogens is 1. The van der Waals surface area contributed by atoms with E-state index in [1.165, 1.54) is 17.2 Å². The molecule has 2 nitrogen and oxygen atoms in total. The van der Waals surface area contributed by atoms with Gasteiger partial charge in [-0.05, 0) is 17.2 Å². The van der Waals surface area contributed by atoms with Crippen LogP contribution in [-0.2, 0) is 13.1 Å². The van der Waals surface area contributed by atoms with E-state index in [9.17, 15) is 4.39 Å². The van der Waals surface area contributed by atoms with Crippen molar-refractivity contribution in [3.63, 3.8) is 0 Å². The highest BCUT2D eigenvalue weighted by Crippen LogP contribution is 2.24. The molecular weight excluding hydrogens is 239 g/mol. The first kappa shape index (κ1) is 12.3. The number of fused-ring (bicyclic) bond motifs is 1. The molecule has 1 atom stereocenters. The molecule has 0 aliphatic carbocycles. The van der Waals surface area contributed by atoms with Gasteiger partial charge in [0.2, 0.25) is 0 Å². The zero-order valence-electron chi connectivity index (χ0n) is 10.7. The molecule has 0 radical (unpaired) electrons. The summed E-state index contributed by atoms with van der Waals surface area (Å²) in [6.45, 7) is 2.48. The van der Waals surface area contributed by atoms with Crippen molar-refractivity contribution in [2.45, 2.75) is 19.1 Å². The zero-order valence-corrected chi connectivity index (χ0v) is 10.7. The smallest absolute Gasteiger partial charge is 0.128 e. The van der Waals surface area contributed by atoms with Crippen molar-refractivity contribution in [1.82, 2.24) is 4.90 Å². The van der Waals surface area contributed by atoms with E-state index in [1.807, 2.05) is 6.07 Å². The molecule has 19 heavy (non-hydrogen) atoms. The summed E-state index contributed by atoms with van der Waals surface area (Å²) >= 11 is 0. The Kier molecular flexibility index (Phi) is 3.32. The molecule has 1 heterocycles. The summed E-state index contributed by atoms with van der Waals surface area (Å²) in [5.41, 5.74) is 9.43. The van der Waals surface area contributed by atoms with Gasteiger partial charge in [-0.2, -0.15) is 0 Å². The van der Waals surface area contributed by atoms with E-state index in [0.717, 1.165) is 13.1 Å². The molecule has 1 aliphatic heterocycles. The van der Waals surface area contributed by atoms with Gasteiger partial charge in [0, 0.05) is 31.2 Å². The first-order valence-corrected chi connectivity index (χ1v) is 6.53. The molecule has 3 rings (SSSR count). The number of hydrogen-bond acceptors (Lipinski definition) is 2. The Morgan fingerprint density at radius 1 is 1.00 bits per heavy atom. The van der Waals surface area contributed by atoms with Gasteiger partial charge >= 0.3 is 0 Å². The monoisotopic (exact) mass is 256 g/mol. The standard InChI is InChI=1S/C16H17FN2/c17-15-8-4-3-7-14(15)16(18)11-19-9-12-5-1-2-6-13(12)10-19/h1-8,16H,9-11,18H2. The van der Waals surface area contributed by atoms with Gasteiger partial charge in [-0.15, -0.1) is 0 Å². The van der Waals surface area contributed by atoms with Gasteiger partial charge in [0.15, 0.2) is 0 Å². The third-order valence-electron chi connectivity index (χ3n) is 3.67. The zero-order chi connectivity index (χ0) is 13.2. The van der Waals surface area contributed by atoms with Crippen LogP contribution in [0.5, 0.6) is 0 Å². The second-order valence-corrected chi connectivity index (χ2v) is 5.07. The molecule has 2 N–H and O–H groups in total. The lowest BCUT2D eigenvalue weighted by Gasteiger charge is -2.20. The highest BCUT2D eigenvalue weighted by Gasteiger charge is 2.21. The van der Waals surface area contributed by atoms with Crippen molar-refractivity contribution < 1.29 is 4.39 Å². The molecule has 0 amide bonds. The Balaban J connectivity index is 1.69. The minimum absolute atomic E-state index is 0.216. The fourth-order valence-electron chi connectivity index (χ4n) is 2.69. The van der Waals surface area contributed by atoms with E-state index in [0.29, 0.717) is 12.1 Å². The van der Waals surface area contributed by atoms with Crippen LogP contribution in [0.3, 0.4) is 0 Å². The SMILES string of the molecule is NC(CN1Cc2ccccc2C1)c1ccccc1F. The average Bonchev–Trinajstić information content (AvgIpc) is 2.81. The summed E-state index contributed by atoms with van der Waals surface area (Å²) in [5, 5.41) is 0. The Bertz CT molecular complexity index is 557. The number of nitrogens with zero attached hydrogens (tertiary/aromatic N) is 1. The van der Waals surface area contributed by atoms with Gasteiger partial charge < -0.3 is 5.73 Å². The minimum atomic E-state index is -0.282. The van der Waals surface area contributed by atoms with Crippen molar-refractivity contribution in [2.24, 2.45) is 5.73 Å². The van der Waals surface area contributed by atoms with Gasteiger partial charge in [-0.25, -0.2) is 4.39 Å². The lowest BCUT2D eigenvalue weighted by atomic mass is 10.1. The van der Waals surface area contributed by atoms with Crippen LogP contribution in [0.1, 0.15) is 22.7 Å². The summed E-state index contributed by atoms with van der Waals surface area (Å²) in [7, 11) is 0. The van der Waals surface area contributed by atoms with E-state index < -0.39 is 0 Å². The lowest BCUT2D eigenvalue weighted by molar-refractivity contribution is 0.264. The fraction of sp³-hybridized carbons (Fsp3) is 0.250. The molecule has 2 aromatic carbocycles. The van der Waals surface area contributed by atoms with E-state index >= 15 is 0 Å². The van der Waals surface area contributed by atoms with E-state index in [1.54, 1.807) is 12.1 Å². The summed E-state index contributed by atoms with van der Waals surface area (Å²) < 4.78 is 13.7. The van der Waals surface area contributed by atoms with Crippen molar-refractivity contribution in [2.75, 3.05) is 6.54 Å². The fourth-order valence-corrected chi connectivity index (χ4v) is 2.69. The van der Waals surface area contributed by atoms with Crippen molar-refractivity contribution in [3.05, 3.63) is 71.0 Å². The Labute approximate surface area is 112 Å². The molecule has 98 valence electrons. The van der Waals surface area contributed by atoms with Crippen LogP contribution >= 0.6 is 0 Å². The van der Waals surface area contributed by atoms with Gasteiger partial charge in [0.25, 0.3) is 0 Å². The minimum Gasteiger partial charge on any atom is -0.323 e. The van der Waals surface area contributed by atoms with Crippen LogP contribution in [0, 0.1) is 5.82 Å². The van der Waals surface area contributed by atoms with Crippen LogP contribution in [0.15, 0.2) is 48.5 Å². The van der Waals surface area contributed by atoms with Gasteiger partial charge in [-0.3, -0.25) is 4.90 Å². The predicted octanol–water partition coefficient (Wildman–Crippen LogP) is 2.84. The van der Waals surface area contributed by atoms with E-state index in [2.05, 4.69) is 29.2 Å². The maximum atomic E-state index is 13.7. The predicted molar refractivity (Wildman–Crippen MR) is 73.9 cm³/mol. The molecule has 3 heteroatoms. The van der Waals surface area contributed by atoms with Gasteiger partial charge in [0.1, 0.15) is 5.82 Å². The van der Waals surface area contributed by atoms with Crippen molar-refractivity contribution in [1.29, 1.82) is 0 Å². The summed E-state index contributed by atoms with van der Waals surface area (Å²) in [6.07, 6.45) is 0. The molecule has 1 unspecified atom stereocenters. The Morgan fingerprint density at radius 3 is 2.21 bits per heavy atom. The molecule has 0 saturated heterocycles. The summed E-state index contributed by atoms with van der Waals surface area (Å²) in [4.78, 5) is 2.27. The maximum absolute atomic E-state index is 13.7. The topological polar surface area (TPSA) is 29.3 Å². The van der Waals surface area contributed by atoms with E-state index in [-0.39, 0.29) is 11.9 Å². The second kappa shape index (κ2) is 5.11. The summed E-state index contributed by atoms with van der Waals surface area (Å²) in [6, 6.07) is 14.9.